The number of fused-ring (bicyclic) bond motifs is 1. The highest BCUT2D eigenvalue weighted by molar-refractivity contribution is 9.10. The molecule has 1 N–H and O–H groups in total. The highest BCUT2D eigenvalue weighted by atomic mass is 79.9. The number of imide groups is 1. The third kappa shape index (κ3) is 2.04. The zero-order valence-electron chi connectivity index (χ0n) is 10.5. The van der Waals surface area contributed by atoms with Crippen LogP contribution in [0.5, 0.6) is 0 Å². The summed E-state index contributed by atoms with van der Waals surface area (Å²) in [6, 6.07) is 10.8. The maximum absolute atomic E-state index is 12.3. The van der Waals surface area contributed by atoms with Gasteiger partial charge in [0.05, 0.1) is 22.4 Å². The third-order valence-electron chi connectivity index (χ3n) is 3.24. The van der Waals surface area contributed by atoms with Crippen LogP contribution < -0.4 is 4.90 Å². The van der Waals surface area contributed by atoms with Crippen LogP contribution in [0, 0.1) is 0 Å². The van der Waals surface area contributed by atoms with E-state index in [4.69, 9.17) is 5.11 Å². The van der Waals surface area contributed by atoms with Gasteiger partial charge in [-0.05, 0) is 46.3 Å². The minimum atomic E-state index is -1.09. The first-order chi connectivity index (χ1) is 10.0. The Balaban J connectivity index is 2.07. The number of carbonyl (C=O) groups excluding carboxylic acids is 2. The molecule has 0 bridgehead atoms. The van der Waals surface area contributed by atoms with E-state index < -0.39 is 17.8 Å². The predicted molar refractivity (Wildman–Crippen MR) is 78.7 cm³/mol. The second-order valence-electron chi connectivity index (χ2n) is 4.46. The van der Waals surface area contributed by atoms with E-state index in [2.05, 4.69) is 15.9 Å². The number of anilines is 1. The average Bonchev–Trinajstić information content (AvgIpc) is 2.71. The molecule has 0 atom stereocenters. The van der Waals surface area contributed by atoms with Crippen molar-refractivity contribution in [1.82, 2.24) is 0 Å². The van der Waals surface area contributed by atoms with Gasteiger partial charge in [-0.25, -0.2) is 9.69 Å². The first-order valence-corrected chi connectivity index (χ1v) is 6.80. The second kappa shape index (κ2) is 4.82. The molecule has 0 saturated heterocycles. The Kier molecular flexibility index (Phi) is 3.10. The Labute approximate surface area is 127 Å². The molecule has 2 aromatic carbocycles. The minimum absolute atomic E-state index is 0.0651. The zero-order valence-corrected chi connectivity index (χ0v) is 12.1. The number of carboxylic acid groups (broad SMARTS) is 1. The summed E-state index contributed by atoms with van der Waals surface area (Å²) in [5, 5.41) is 8.99. The number of halogens is 1. The summed E-state index contributed by atoms with van der Waals surface area (Å²) < 4.78 is 0.309. The van der Waals surface area contributed by atoms with Crippen LogP contribution in [0.2, 0.25) is 0 Å². The van der Waals surface area contributed by atoms with E-state index >= 15 is 0 Å². The Morgan fingerprint density at radius 3 is 2.05 bits per heavy atom. The number of aromatic carboxylic acids is 1. The number of nitrogens with zero attached hydrogens (tertiary/aromatic N) is 1. The lowest BCUT2D eigenvalue weighted by Crippen LogP contribution is -2.29. The zero-order chi connectivity index (χ0) is 15.1. The first-order valence-electron chi connectivity index (χ1n) is 6.01. The van der Waals surface area contributed by atoms with Crippen molar-refractivity contribution in [3.8, 4) is 0 Å². The molecule has 6 heteroatoms. The van der Waals surface area contributed by atoms with Crippen molar-refractivity contribution in [2.75, 3.05) is 4.90 Å². The summed E-state index contributed by atoms with van der Waals surface area (Å²) in [5.74, 6) is -1.91. The molecular formula is C15H8BrNO4. The van der Waals surface area contributed by atoms with E-state index in [9.17, 15) is 14.4 Å². The SMILES string of the molecule is O=C(O)c1ccc(N2C(=O)c3ccccc3C2=O)cc1Br. The summed E-state index contributed by atoms with van der Waals surface area (Å²) in [6.45, 7) is 0. The van der Waals surface area contributed by atoms with Gasteiger partial charge in [0.25, 0.3) is 11.8 Å². The van der Waals surface area contributed by atoms with E-state index in [-0.39, 0.29) is 5.56 Å². The Morgan fingerprint density at radius 2 is 1.57 bits per heavy atom. The predicted octanol–water partition coefficient (Wildman–Crippen LogP) is 2.95. The van der Waals surface area contributed by atoms with Crippen LogP contribution in [0.4, 0.5) is 5.69 Å². The van der Waals surface area contributed by atoms with Crippen molar-refractivity contribution in [2.24, 2.45) is 0 Å². The topological polar surface area (TPSA) is 74.7 Å². The summed E-state index contributed by atoms with van der Waals surface area (Å²) in [6.07, 6.45) is 0. The fourth-order valence-electron chi connectivity index (χ4n) is 2.24. The van der Waals surface area contributed by atoms with Gasteiger partial charge in [0.1, 0.15) is 0 Å². The van der Waals surface area contributed by atoms with Crippen LogP contribution in [0.15, 0.2) is 46.9 Å². The molecule has 0 radical (unpaired) electrons. The summed E-state index contributed by atoms with van der Waals surface area (Å²) in [7, 11) is 0. The fraction of sp³-hybridized carbons (Fsp3) is 0. The Morgan fingerprint density at radius 1 is 1.00 bits per heavy atom. The van der Waals surface area contributed by atoms with E-state index in [1.807, 2.05) is 0 Å². The van der Waals surface area contributed by atoms with Gasteiger partial charge in [0, 0.05) is 4.47 Å². The molecule has 2 amide bonds. The number of carboxylic acids is 1. The van der Waals surface area contributed by atoms with Gasteiger partial charge < -0.3 is 5.11 Å². The van der Waals surface area contributed by atoms with Crippen molar-refractivity contribution >= 4 is 39.4 Å². The minimum Gasteiger partial charge on any atom is -0.478 e. The van der Waals surface area contributed by atoms with Gasteiger partial charge in [-0.3, -0.25) is 9.59 Å². The fourth-order valence-corrected chi connectivity index (χ4v) is 2.78. The van der Waals surface area contributed by atoms with Crippen molar-refractivity contribution in [1.29, 1.82) is 0 Å². The molecule has 0 fully saturated rings. The van der Waals surface area contributed by atoms with E-state index in [0.717, 1.165) is 4.90 Å². The molecule has 21 heavy (non-hydrogen) atoms. The second-order valence-corrected chi connectivity index (χ2v) is 5.31. The molecule has 2 aromatic rings. The quantitative estimate of drug-likeness (QED) is 0.849. The first kappa shape index (κ1) is 13.5. The maximum Gasteiger partial charge on any atom is 0.336 e. The molecule has 5 nitrogen and oxygen atoms in total. The van der Waals surface area contributed by atoms with Crippen LogP contribution in [-0.4, -0.2) is 22.9 Å². The number of amides is 2. The number of benzene rings is 2. The van der Waals surface area contributed by atoms with Gasteiger partial charge in [-0.15, -0.1) is 0 Å². The van der Waals surface area contributed by atoms with Gasteiger partial charge in [0.15, 0.2) is 0 Å². The van der Waals surface area contributed by atoms with E-state index in [1.54, 1.807) is 24.3 Å². The highest BCUT2D eigenvalue weighted by Crippen LogP contribution is 2.31. The molecule has 1 heterocycles. The van der Waals surface area contributed by atoms with Crippen LogP contribution in [0.3, 0.4) is 0 Å². The van der Waals surface area contributed by atoms with Crippen LogP contribution in [0.25, 0.3) is 0 Å². The standard InChI is InChI=1S/C15H8BrNO4/c16-12-7-8(5-6-11(12)15(20)21)17-13(18)9-3-1-2-4-10(9)14(17)19/h1-7H,(H,20,21). The lowest BCUT2D eigenvalue weighted by Gasteiger charge is -2.14. The molecule has 1 aliphatic rings. The van der Waals surface area contributed by atoms with Crippen LogP contribution >= 0.6 is 15.9 Å². The van der Waals surface area contributed by atoms with Gasteiger partial charge >= 0.3 is 5.97 Å². The number of carbonyl (C=O) groups is 3. The molecular weight excluding hydrogens is 338 g/mol. The smallest absolute Gasteiger partial charge is 0.336 e. The van der Waals surface area contributed by atoms with Crippen LogP contribution in [0.1, 0.15) is 31.1 Å². The molecule has 0 saturated carbocycles. The van der Waals surface area contributed by atoms with Gasteiger partial charge in [-0.2, -0.15) is 0 Å². The summed E-state index contributed by atoms with van der Waals surface area (Å²) in [5.41, 5.74) is 1.09. The number of hydrogen-bond donors (Lipinski definition) is 1. The summed E-state index contributed by atoms with van der Waals surface area (Å²) in [4.78, 5) is 36.6. The third-order valence-corrected chi connectivity index (χ3v) is 3.89. The average molecular weight is 346 g/mol. The summed E-state index contributed by atoms with van der Waals surface area (Å²) >= 11 is 3.14. The number of rotatable bonds is 2. The molecule has 3 rings (SSSR count). The van der Waals surface area contributed by atoms with Crippen molar-refractivity contribution < 1.29 is 19.5 Å². The maximum atomic E-state index is 12.3. The molecule has 0 unspecified atom stereocenters. The van der Waals surface area contributed by atoms with Crippen molar-refractivity contribution in [2.45, 2.75) is 0 Å². The highest BCUT2D eigenvalue weighted by Gasteiger charge is 2.36. The number of hydrogen-bond acceptors (Lipinski definition) is 3. The van der Waals surface area contributed by atoms with E-state index in [1.165, 1.54) is 18.2 Å². The van der Waals surface area contributed by atoms with Gasteiger partial charge in [0.2, 0.25) is 0 Å². The van der Waals surface area contributed by atoms with Crippen LogP contribution in [-0.2, 0) is 0 Å². The lowest BCUT2D eigenvalue weighted by molar-refractivity contribution is 0.0695. The molecule has 104 valence electrons. The van der Waals surface area contributed by atoms with E-state index in [0.29, 0.717) is 21.3 Å². The monoisotopic (exact) mass is 345 g/mol. The molecule has 0 spiro atoms. The largest absolute Gasteiger partial charge is 0.478 e. The Hall–Kier alpha value is -2.47. The van der Waals surface area contributed by atoms with Gasteiger partial charge in [-0.1, -0.05) is 12.1 Å². The van der Waals surface area contributed by atoms with Crippen molar-refractivity contribution in [3.05, 3.63) is 63.6 Å². The van der Waals surface area contributed by atoms with Crippen molar-refractivity contribution in [3.63, 3.8) is 0 Å². The molecule has 0 aliphatic carbocycles. The molecule has 0 aromatic heterocycles. The normalized spacial score (nSPS) is 13.5. The molecule has 1 aliphatic heterocycles. The lowest BCUT2D eigenvalue weighted by atomic mass is 10.1. The Bertz CT molecular complexity index is 765.